The van der Waals surface area contributed by atoms with Gasteiger partial charge in [0.05, 0.1) is 6.67 Å². The maximum atomic E-state index is 4.66. The average molecular weight is 303 g/mol. The summed E-state index contributed by atoms with van der Waals surface area (Å²) in [6.45, 7) is 0.984. The first-order valence-electron chi connectivity index (χ1n) is 8.31. The van der Waals surface area contributed by atoms with E-state index in [2.05, 4.69) is 45.8 Å². The van der Waals surface area contributed by atoms with Gasteiger partial charge >= 0.3 is 0 Å². The first kappa shape index (κ1) is 14.3. The zero-order chi connectivity index (χ0) is 15.6. The lowest BCUT2D eigenvalue weighted by atomic mass is 10.1. The summed E-state index contributed by atoms with van der Waals surface area (Å²) in [6, 6.07) is 15.6. The first-order chi connectivity index (χ1) is 11.3. The topological polar surface area (TPSA) is 19.4 Å². The lowest BCUT2D eigenvalue weighted by molar-refractivity contribution is 0.309. The number of fused-ring (bicyclic) bond motifs is 1. The number of likely N-dealkylation sites (N-methyl/N-ethyl adjacent to an activating group) is 1. The summed E-state index contributed by atoms with van der Waals surface area (Å²) in [5.74, 6) is 7.45. The van der Waals surface area contributed by atoms with Crippen molar-refractivity contribution >= 4 is 5.82 Å². The maximum absolute atomic E-state index is 4.66. The van der Waals surface area contributed by atoms with Crippen molar-refractivity contribution in [1.29, 1.82) is 0 Å². The van der Waals surface area contributed by atoms with E-state index in [0.717, 1.165) is 23.6 Å². The number of rotatable bonds is 1. The molecule has 0 spiro atoms. The highest BCUT2D eigenvalue weighted by Gasteiger charge is 2.41. The minimum atomic E-state index is 0.633. The molecule has 4 rings (SSSR count). The maximum Gasteiger partial charge on any atom is 0.129 e. The fourth-order valence-corrected chi connectivity index (χ4v) is 3.79. The van der Waals surface area contributed by atoms with E-state index in [1.54, 1.807) is 0 Å². The molecule has 2 aliphatic rings. The highest BCUT2D eigenvalue weighted by Crippen LogP contribution is 2.35. The molecule has 1 aromatic carbocycles. The Hall–Kier alpha value is -2.31. The smallest absolute Gasteiger partial charge is 0.129 e. The second-order valence-electron chi connectivity index (χ2n) is 6.45. The summed E-state index contributed by atoms with van der Waals surface area (Å²) < 4.78 is 0. The Bertz CT molecular complexity index is 727. The Morgan fingerprint density at radius 1 is 0.957 bits per heavy atom. The zero-order valence-electron chi connectivity index (χ0n) is 13.4. The molecule has 1 aliphatic carbocycles. The van der Waals surface area contributed by atoms with E-state index < -0.39 is 0 Å². The van der Waals surface area contributed by atoms with E-state index >= 15 is 0 Å². The summed E-state index contributed by atoms with van der Waals surface area (Å²) in [5.41, 5.74) is 2.00. The number of anilines is 1. The van der Waals surface area contributed by atoms with E-state index in [1.807, 2.05) is 36.5 Å². The van der Waals surface area contributed by atoms with Crippen LogP contribution in [0.3, 0.4) is 0 Å². The van der Waals surface area contributed by atoms with Crippen molar-refractivity contribution in [2.45, 2.75) is 31.3 Å². The largest absolute Gasteiger partial charge is 0.339 e. The lowest BCUT2D eigenvalue weighted by Gasteiger charge is -2.23. The molecule has 0 N–H and O–H groups in total. The Morgan fingerprint density at radius 2 is 1.74 bits per heavy atom. The van der Waals surface area contributed by atoms with Gasteiger partial charge in [0.25, 0.3) is 0 Å². The molecule has 0 radical (unpaired) electrons. The minimum absolute atomic E-state index is 0.633. The predicted molar refractivity (Wildman–Crippen MR) is 93.2 cm³/mol. The molecule has 0 amide bonds. The monoisotopic (exact) mass is 303 g/mol. The molecule has 23 heavy (non-hydrogen) atoms. The fraction of sp³-hybridized carbons (Fsp3) is 0.350. The van der Waals surface area contributed by atoms with Gasteiger partial charge in [-0.05, 0) is 50.6 Å². The van der Waals surface area contributed by atoms with Gasteiger partial charge in [0.1, 0.15) is 5.82 Å². The summed E-state index contributed by atoms with van der Waals surface area (Å²) in [7, 11) is 2.22. The standard InChI is InChI=1S/C20H21N3/c1-22-15-23(19-9-5-8-18(19)22)20-13-12-17(14-21-20)11-10-16-6-3-2-4-7-16/h2-4,6-7,12-14,18-19H,5,8-9,15H2,1H3. The van der Waals surface area contributed by atoms with Crippen molar-refractivity contribution < 1.29 is 0 Å². The number of hydrogen-bond acceptors (Lipinski definition) is 3. The van der Waals surface area contributed by atoms with Gasteiger partial charge in [0.2, 0.25) is 0 Å². The van der Waals surface area contributed by atoms with Crippen molar-refractivity contribution in [2.24, 2.45) is 0 Å². The van der Waals surface area contributed by atoms with E-state index in [1.165, 1.54) is 19.3 Å². The molecule has 3 nitrogen and oxygen atoms in total. The zero-order valence-corrected chi connectivity index (χ0v) is 13.4. The molecule has 1 aromatic heterocycles. The van der Waals surface area contributed by atoms with Gasteiger partial charge in [0.15, 0.2) is 0 Å². The van der Waals surface area contributed by atoms with Crippen LogP contribution in [0.1, 0.15) is 30.4 Å². The van der Waals surface area contributed by atoms with Gasteiger partial charge in [-0.15, -0.1) is 0 Å². The lowest BCUT2D eigenvalue weighted by Crippen LogP contribution is -2.32. The molecule has 3 heteroatoms. The highest BCUT2D eigenvalue weighted by atomic mass is 15.4. The molecule has 1 aliphatic heterocycles. The van der Waals surface area contributed by atoms with Crippen LogP contribution in [-0.4, -0.2) is 35.7 Å². The second-order valence-corrected chi connectivity index (χ2v) is 6.45. The van der Waals surface area contributed by atoms with Crippen LogP contribution in [0.5, 0.6) is 0 Å². The molecule has 116 valence electrons. The van der Waals surface area contributed by atoms with E-state index in [9.17, 15) is 0 Å². The quantitative estimate of drug-likeness (QED) is 0.755. The van der Waals surface area contributed by atoms with Crippen molar-refractivity contribution in [1.82, 2.24) is 9.88 Å². The van der Waals surface area contributed by atoms with Gasteiger partial charge in [-0.1, -0.05) is 30.0 Å². The minimum Gasteiger partial charge on any atom is -0.339 e. The van der Waals surface area contributed by atoms with Crippen LogP contribution in [0.15, 0.2) is 48.7 Å². The number of aromatic nitrogens is 1. The molecule has 2 aromatic rings. The van der Waals surface area contributed by atoms with Crippen LogP contribution >= 0.6 is 0 Å². The summed E-state index contributed by atoms with van der Waals surface area (Å²) in [5, 5.41) is 0. The Labute approximate surface area is 137 Å². The van der Waals surface area contributed by atoms with Gasteiger partial charge in [0, 0.05) is 29.4 Å². The molecule has 2 heterocycles. The average Bonchev–Trinajstić information content (AvgIpc) is 3.19. The molecule has 0 bridgehead atoms. The third kappa shape index (κ3) is 2.83. The van der Waals surface area contributed by atoms with Crippen LogP contribution in [0.4, 0.5) is 5.82 Å². The highest BCUT2D eigenvalue weighted by molar-refractivity contribution is 5.47. The third-order valence-electron chi connectivity index (χ3n) is 4.95. The first-order valence-corrected chi connectivity index (χ1v) is 8.31. The Kier molecular flexibility index (Phi) is 3.77. The van der Waals surface area contributed by atoms with Crippen LogP contribution in [-0.2, 0) is 0 Å². The van der Waals surface area contributed by atoms with Gasteiger partial charge < -0.3 is 4.90 Å². The number of nitrogens with zero attached hydrogens (tertiary/aromatic N) is 3. The summed E-state index contributed by atoms with van der Waals surface area (Å²) >= 11 is 0. The molecular weight excluding hydrogens is 282 g/mol. The van der Waals surface area contributed by atoms with Crippen LogP contribution in [0, 0.1) is 11.8 Å². The molecular formula is C20H21N3. The molecule has 2 unspecified atom stereocenters. The summed E-state index contributed by atoms with van der Waals surface area (Å²) in [4.78, 5) is 9.58. The van der Waals surface area contributed by atoms with Crippen molar-refractivity contribution in [3.63, 3.8) is 0 Å². The predicted octanol–water partition coefficient (Wildman–Crippen LogP) is 3.11. The van der Waals surface area contributed by atoms with Gasteiger partial charge in [-0.25, -0.2) is 4.98 Å². The molecule has 2 fully saturated rings. The van der Waals surface area contributed by atoms with Crippen molar-refractivity contribution in [3.05, 3.63) is 59.8 Å². The normalized spacial score (nSPS) is 23.4. The SMILES string of the molecule is CN1CN(c2ccc(C#Cc3ccccc3)cn2)C2CCCC21. The Balaban J connectivity index is 1.52. The van der Waals surface area contributed by atoms with Crippen LogP contribution < -0.4 is 4.90 Å². The third-order valence-corrected chi connectivity index (χ3v) is 4.95. The van der Waals surface area contributed by atoms with Crippen molar-refractivity contribution in [3.8, 4) is 11.8 Å². The summed E-state index contributed by atoms with van der Waals surface area (Å²) in [6.07, 6.45) is 5.83. The molecule has 1 saturated heterocycles. The van der Waals surface area contributed by atoms with Gasteiger partial charge in [-0.3, -0.25) is 4.90 Å². The van der Waals surface area contributed by atoms with E-state index in [0.29, 0.717) is 12.1 Å². The number of hydrogen-bond donors (Lipinski definition) is 0. The van der Waals surface area contributed by atoms with Crippen LogP contribution in [0.2, 0.25) is 0 Å². The van der Waals surface area contributed by atoms with Crippen molar-refractivity contribution in [2.75, 3.05) is 18.6 Å². The van der Waals surface area contributed by atoms with E-state index in [-0.39, 0.29) is 0 Å². The van der Waals surface area contributed by atoms with Crippen LogP contribution in [0.25, 0.3) is 0 Å². The molecule has 1 saturated carbocycles. The van der Waals surface area contributed by atoms with Gasteiger partial charge in [-0.2, -0.15) is 0 Å². The van der Waals surface area contributed by atoms with E-state index in [4.69, 9.17) is 0 Å². The second kappa shape index (κ2) is 6.06. The fourth-order valence-electron chi connectivity index (χ4n) is 3.79. The number of pyridine rings is 1. The number of benzene rings is 1. The Morgan fingerprint density at radius 3 is 2.52 bits per heavy atom. The molecule has 2 atom stereocenters.